The van der Waals surface area contributed by atoms with Gasteiger partial charge < -0.3 is 14.8 Å². The zero-order valence-corrected chi connectivity index (χ0v) is 15.4. The Kier molecular flexibility index (Phi) is 4.05. The second kappa shape index (κ2) is 6.84. The van der Waals surface area contributed by atoms with Crippen molar-refractivity contribution in [1.82, 2.24) is 19.7 Å². The van der Waals surface area contributed by atoms with Crippen LogP contribution in [0.15, 0.2) is 55.0 Å². The molecule has 0 unspecified atom stereocenters. The van der Waals surface area contributed by atoms with Crippen LogP contribution < -0.4 is 14.8 Å². The highest BCUT2D eigenvalue weighted by Gasteiger charge is 2.13. The molecule has 2 aromatic carbocycles. The van der Waals surface area contributed by atoms with Crippen LogP contribution in [0.2, 0.25) is 0 Å². The zero-order chi connectivity index (χ0) is 18.9. The second-order valence-electron chi connectivity index (χ2n) is 6.69. The summed E-state index contributed by atoms with van der Waals surface area (Å²) in [5.74, 6) is 2.32. The van der Waals surface area contributed by atoms with Crippen LogP contribution in [0.1, 0.15) is 11.1 Å². The molecule has 7 nitrogen and oxygen atoms in total. The lowest BCUT2D eigenvalue weighted by atomic mass is 10.2. The van der Waals surface area contributed by atoms with Gasteiger partial charge in [-0.25, -0.2) is 14.6 Å². The highest BCUT2D eigenvalue weighted by atomic mass is 16.6. The molecule has 3 heterocycles. The molecule has 0 aliphatic carbocycles. The summed E-state index contributed by atoms with van der Waals surface area (Å²) < 4.78 is 13.1. The molecule has 140 valence electrons. The van der Waals surface area contributed by atoms with Crippen molar-refractivity contribution in [2.24, 2.45) is 0 Å². The molecule has 4 aromatic rings. The summed E-state index contributed by atoms with van der Waals surface area (Å²) >= 11 is 0. The van der Waals surface area contributed by atoms with Crippen molar-refractivity contribution in [3.05, 3.63) is 66.1 Å². The molecule has 0 amide bonds. The van der Waals surface area contributed by atoms with E-state index in [0.29, 0.717) is 19.8 Å². The van der Waals surface area contributed by atoms with Gasteiger partial charge in [-0.3, -0.25) is 0 Å². The Morgan fingerprint density at radius 2 is 1.93 bits per heavy atom. The molecule has 1 aliphatic rings. The number of fused-ring (bicyclic) bond motifs is 2. The van der Waals surface area contributed by atoms with Crippen molar-refractivity contribution in [2.75, 3.05) is 18.5 Å². The highest BCUT2D eigenvalue weighted by Crippen LogP contribution is 2.31. The van der Waals surface area contributed by atoms with E-state index in [2.05, 4.69) is 39.4 Å². The number of anilines is 1. The van der Waals surface area contributed by atoms with E-state index in [-0.39, 0.29) is 0 Å². The van der Waals surface area contributed by atoms with Crippen LogP contribution in [-0.4, -0.2) is 33.0 Å². The minimum Gasteiger partial charge on any atom is -0.486 e. The van der Waals surface area contributed by atoms with E-state index in [1.54, 1.807) is 12.5 Å². The number of rotatable bonds is 4. The fraction of sp³-hybridized carbons (Fsp3) is 0.190. The molecule has 0 bridgehead atoms. The summed E-state index contributed by atoms with van der Waals surface area (Å²) in [6.45, 7) is 3.84. The molecular formula is C21H19N5O2. The molecule has 0 fully saturated rings. The van der Waals surface area contributed by atoms with Gasteiger partial charge in [0.15, 0.2) is 17.1 Å². The standard InChI is InChI=1S/C21H19N5O2/c1-14-3-2-4-16(9-14)26-21-17(12-25-26)20(23-13-24-21)22-11-15-5-6-18-19(10-15)28-8-7-27-18/h2-6,9-10,12-13H,7-8,11H2,1H3,(H,22,23,24). The van der Waals surface area contributed by atoms with Gasteiger partial charge >= 0.3 is 0 Å². The first-order chi connectivity index (χ1) is 13.8. The van der Waals surface area contributed by atoms with Crippen molar-refractivity contribution in [3.8, 4) is 17.2 Å². The Morgan fingerprint density at radius 1 is 1.04 bits per heavy atom. The maximum absolute atomic E-state index is 5.66. The second-order valence-corrected chi connectivity index (χ2v) is 6.69. The Labute approximate surface area is 162 Å². The Morgan fingerprint density at radius 3 is 2.82 bits per heavy atom. The number of aryl methyl sites for hydroxylation is 1. The summed E-state index contributed by atoms with van der Waals surface area (Å²) in [6, 6.07) is 14.1. The molecule has 0 radical (unpaired) electrons. The number of hydrogen-bond acceptors (Lipinski definition) is 6. The van der Waals surface area contributed by atoms with Gasteiger partial charge in [-0.15, -0.1) is 0 Å². The van der Waals surface area contributed by atoms with Gasteiger partial charge in [0.2, 0.25) is 0 Å². The first-order valence-corrected chi connectivity index (χ1v) is 9.16. The first kappa shape index (κ1) is 16.6. The highest BCUT2D eigenvalue weighted by molar-refractivity contribution is 5.87. The SMILES string of the molecule is Cc1cccc(-n2ncc3c(NCc4ccc5c(c4)OCCO5)ncnc32)c1. The first-order valence-electron chi connectivity index (χ1n) is 9.16. The van der Waals surface area contributed by atoms with Gasteiger partial charge in [0.05, 0.1) is 17.3 Å². The van der Waals surface area contributed by atoms with Gasteiger partial charge in [0.1, 0.15) is 25.4 Å². The van der Waals surface area contributed by atoms with E-state index in [4.69, 9.17) is 9.47 Å². The van der Waals surface area contributed by atoms with Crippen LogP contribution in [-0.2, 0) is 6.54 Å². The fourth-order valence-corrected chi connectivity index (χ4v) is 3.32. The molecule has 0 atom stereocenters. The van der Waals surface area contributed by atoms with Crippen molar-refractivity contribution < 1.29 is 9.47 Å². The third kappa shape index (κ3) is 3.00. The average Bonchev–Trinajstić information content (AvgIpc) is 3.17. The largest absolute Gasteiger partial charge is 0.486 e. The maximum Gasteiger partial charge on any atom is 0.168 e. The van der Waals surface area contributed by atoms with E-state index >= 15 is 0 Å². The molecule has 7 heteroatoms. The summed E-state index contributed by atoms with van der Waals surface area (Å²) in [5, 5.41) is 8.78. The third-order valence-electron chi connectivity index (χ3n) is 4.68. The minimum absolute atomic E-state index is 0.578. The summed E-state index contributed by atoms with van der Waals surface area (Å²) in [6.07, 6.45) is 3.35. The zero-order valence-electron chi connectivity index (χ0n) is 15.4. The number of benzene rings is 2. The molecular weight excluding hydrogens is 354 g/mol. The van der Waals surface area contributed by atoms with Crippen molar-refractivity contribution in [2.45, 2.75) is 13.5 Å². The van der Waals surface area contributed by atoms with E-state index in [1.807, 2.05) is 35.0 Å². The van der Waals surface area contributed by atoms with E-state index in [0.717, 1.165) is 39.6 Å². The van der Waals surface area contributed by atoms with Crippen LogP contribution in [0.5, 0.6) is 11.5 Å². The van der Waals surface area contributed by atoms with Crippen molar-refractivity contribution >= 4 is 16.9 Å². The van der Waals surface area contributed by atoms with Crippen LogP contribution >= 0.6 is 0 Å². The topological polar surface area (TPSA) is 74.1 Å². The third-order valence-corrected chi connectivity index (χ3v) is 4.68. The molecule has 0 saturated heterocycles. The van der Waals surface area contributed by atoms with Crippen LogP contribution in [0.3, 0.4) is 0 Å². The number of nitrogens with zero attached hydrogens (tertiary/aromatic N) is 4. The molecule has 5 rings (SSSR count). The van der Waals surface area contributed by atoms with Crippen LogP contribution in [0, 0.1) is 6.92 Å². The fourth-order valence-electron chi connectivity index (χ4n) is 3.32. The number of nitrogens with one attached hydrogen (secondary N) is 1. The molecule has 1 aliphatic heterocycles. The molecule has 2 aromatic heterocycles. The normalized spacial score (nSPS) is 12.9. The van der Waals surface area contributed by atoms with E-state index in [1.165, 1.54) is 5.56 Å². The summed E-state index contributed by atoms with van der Waals surface area (Å²) in [5.41, 5.74) is 4.01. The van der Waals surface area contributed by atoms with Gasteiger partial charge in [0.25, 0.3) is 0 Å². The Balaban J connectivity index is 1.42. The van der Waals surface area contributed by atoms with Gasteiger partial charge in [-0.05, 0) is 42.3 Å². The molecule has 28 heavy (non-hydrogen) atoms. The summed E-state index contributed by atoms with van der Waals surface area (Å²) in [7, 11) is 0. The predicted octanol–water partition coefficient (Wildman–Crippen LogP) is 3.51. The number of ether oxygens (including phenoxy) is 2. The number of aromatic nitrogens is 4. The lowest BCUT2D eigenvalue weighted by molar-refractivity contribution is 0.171. The monoisotopic (exact) mass is 373 g/mol. The average molecular weight is 373 g/mol. The molecule has 0 spiro atoms. The Bertz CT molecular complexity index is 1150. The van der Waals surface area contributed by atoms with Crippen molar-refractivity contribution in [3.63, 3.8) is 0 Å². The van der Waals surface area contributed by atoms with Gasteiger partial charge in [0, 0.05) is 6.54 Å². The van der Waals surface area contributed by atoms with Gasteiger partial charge in [-0.2, -0.15) is 5.10 Å². The molecule has 1 N–H and O–H groups in total. The maximum atomic E-state index is 5.66. The van der Waals surface area contributed by atoms with E-state index in [9.17, 15) is 0 Å². The molecule has 0 saturated carbocycles. The smallest absolute Gasteiger partial charge is 0.168 e. The lowest BCUT2D eigenvalue weighted by Crippen LogP contribution is -2.15. The van der Waals surface area contributed by atoms with Crippen LogP contribution in [0.4, 0.5) is 5.82 Å². The lowest BCUT2D eigenvalue weighted by Gasteiger charge is -2.19. The van der Waals surface area contributed by atoms with Gasteiger partial charge in [-0.1, -0.05) is 18.2 Å². The summed E-state index contributed by atoms with van der Waals surface area (Å²) in [4.78, 5) is 8.84. The number of hydrogen-bond donors (Lipinski definition) is 1. The predicted molar refractivity (Wildman–Crippen MR) is 106 cm³/mol. The quantitative estimate of drug-likeness (QED) is 0.590. The minimum atomic E-state index is 0.578. The van der Waals surface area contributed by atoms with Crippen LogP contribution in [0.25, 0.3) is 16.7 Å². The van der Waals surface area contributed by atoms with Crippen molar-refractivity contribution in [1.29, 1.82) is 0 Å². The Hall–Kier alpha value is -3.61. The van der Waals surface area contributed by atoms with E-state index < -0.39 is 0 Å².